The minimum absolute atomic E-state index is 0.153. The van der Waals surface area contributed by atoms with Crippen LogP contribution in [0.25, 0.3) is 0 Å². The van der Waals surface area contributed by atoms with E-state index in [4.69, 9.17) is 15.2 Å². The largest absolute Gasteiger partial charge is 0.497 e. The van der Waals surface area contributed by atoms with Crippen LogP contribution in [0.3, 0.4) is 0 Å². The third-order valence-electron chi connectivity index (χ3n) is 4.14. The Hall–Kier alpha value is -3.12. The molecule has 3 aromatic carbocycles. The number of anilines is 2. The summed E-state index contributed by atoms with van der Waals surface area (Å²) in [5.74, 6) is 1.05. The number of benzene rings is 3. The molecule has 28 heavy (non-hydrogen) atoms. The van der Waals surface area contributed by atoms with Crippen molar-refractivity contribution in [2.24, 2.45) is 0 Å². The van der Waals surface area contributed by atoms with Crippen LogP contribution in [0.5, 0.6) is 11.5 Å². The van der Waals surface area contributed by atoms with Gasteiger partial charge in [0.25, 0.3) is 0 Å². The molecular weight excluding hydrogens is 372 g/mol. The summed E-state index contributed by atoms with van der Waals surface area (Å²) in [6.07, 6.45) is 0. The van der Waals surface area contributed by atoms with Gasteiger partial charge in [-0.05, 0) is 42.0 Å². The van der Waals surface area contributed by atoms with E-state index in [1.165, 1.54) is 11.8 Å². The van der Waals surface area contributed by atoms with Gasteiger partial charge in [-0.3, -0.25) is 4.79 Å². The summed E-state index contributed by atoms with van der Waals surface area (Å²) >= 11 is 1.46. The molecule has 0 aromatic heterocycles. The highest BCUT2D eigenvalue weighted by molar-refractivity contribution is 8.00. The van der Waals surface area contributed by atoms with Gasteiger partial charge >= 0.3 is 0 Å². The van der Waals surface area contributed by atoms with Crippen LogP contribution >= 0.6 is 11.8 Å². The topological polar surface area (TPSA) is 73.6 Å². The number of thioether (sulfide) groups is 1. The number of nitrogens with one attached hydrogen (secondary N) is 1. The number of nitrogens with two attached hydrogens (primary N) is 1. The Morgan fingerprint density at radius 1 is 0.964 bits per heavy atom. The van der Waals surface area contributed by atoms with Gasteiger partial charge < -0.3 is 20.5 Å². The first-order valence-corrected chi connectivity index (χ1v) is 9.58. The van der Waals surface area contributed by atoms with E-state index in [1.807, 2.05) is 54.6 Å². The van der Waals surface area contributed by atoms with Crippen LogP contribution in [0.1, 0.15) is 10.8 Å². The molecule has 5 nitrogen and oxygen atoms in total. The molecule has 0 bridgehead atoms. The summed E-state index contributed by atoms with van der Waals surface area (Å²) in [6, 6.07) is 22.4. The summed E-state index contributed by atoms with van der Waals surface area (Å²) in [6.45, 7) is 0. The molecule has 0 aliphatic rings. The zero-order valence-electron chi connectivity index (χ0n) is 15.7. The highest BCUT2D eigenvalue weighted by Gasteiger charge is 2.23. The van der Waals surface area contributed by atoms with Crippen LogP contribution in [0.4, 0.5) is 11.4 Å². The second-order valence-electron chi connectivity index (χ2n) is 6.03. The maximum absolute atomic E-state index is 13.2. The van der Waals surface area contributed by atoms with Gasteiger partial charge in [0.2, 0.25) is 5.91 Å². The molecule has 0 saturated carbocycles. The van der Waals surface area contributed by atoms with Crippen LogP contribution in [0.2, 0.25) is 0 Å². The van der Waals surface area contributed by atoms with Crippen molar-refractivity contribution < 1.29 is 14.3 Å². The smallest absolute Gasteiger partial charge is 0.242 e. The number of hydrogen-bond acceptors (Lipinski definition) is 5. The molecule has 144 valence electrons. The van der Waals surface area contributed by atoms with Crippen molar-refractivity contribution >= 4 is 29.0 Å². The Morgan fingerprint density at radius 2 is 1.68 bits per heavy atom. The van der Waals surface area contributed by atoms with Crippen molar-refractivity contribution in [1.29, 1.82) is 0 Å². The minimum atomic E-state index is -0.444. The molecule has 3 rings (SSSR count). The average molecular weight is 394 g/mol. The molecule has 0 aliphatic heterocycles. The number of ether oxygens (including phenoxy) is 2. The lowest BCUT2D eigenvalue weighted by Gasteiger charge is -2.18. The lowest BCUT2D eigenvalue weighted by Crippen LogP contribution is -2.19. The summed E-state index contributed by atoms with van der Waals surface area (Å²) in [5.41, 5.74) is 7.93. The highest BCUT2D eigenvalue weighted by atomic mass is 32.2. The molecule has 0 heterocycles. The standard InChI is InChI=1S/C22H22N2O3S/c1-26-17-10-13-20(27-2)19(14-17)24-22(25)21(15-6-4-3-5-7-15)28-18-11-8-16(23)9-12-18/h3-14,21H,23H2,1-2H3,(H,24,25). The van der Waals surface area contributed by atoms with Crippen LogP contribution in [0, 0.1) is 0 Å². The molecule has 0 spiro atoms. The van der Waals surface area contributed by atoms with Gasteiger partial charge in [-0.15, -0.1) is 11.8 Å². The molecule has 1 atom stereocenters. The number of methoxy groups -OCH3 is 2. The van der Waals surface area contributed by atoms with Crippen molar-refractivity contribution in [3.63, 3.8) is 0 Å². The Balaban J connectivity index is 1.89. The van der Waals surface area contributed by atoms with Gasteiger partial charge in [-0.2, -0.15) is 0 Å². The van der Waals surface area contributed by atoms with Gasteiger partial charge in [0.1, 0.15) is 16.7 Å². The van der Waals surface area contributed by atoms with Crippen LogP contribution in [-0.4, -0.2) is 20.1 Å². The molecule has 6 heteroatoms. The molecule has 0 saturated heterocycles. The molecule has 3 N–H and O–H groups in total. The lowest BCUT2D eigenvalue weighted by molar-refractivity contribution is -0.115. The number of carbonyl (C=O) groups is 1. The molecular formula is C22H22N2O3S. The predicted octanol–water partition coefficient (Wildman–Crippen LogP) is 4.76. The van der Waals surface area contributed by atoms with Gasteiger partial charge in [0, 0.05) is 16.6 Å². The Kier molecular flexibility index (Phi) is 6.45. The second kappa shape index (κ2) is 9.19. The third kappa shape index (κ3) is 4.78. The zero-order valence-corrected chi connectivity index (χ0v) is 16.5. The van der Waals surface area contributed by atoms with E-state index in [9.17, 15) is 4.79 Å². The number of carbonyl (C=O) groups excluding carboxylic acids is 1. The Labute approximate surface area is 168 Å². The van der Waals surface area contributed by atoms with E-state index in [2.05, 4.69) is 5.32 Å². The monoisotopic (exact) mass is 394 g/mol. The summed E-state index contributed by atoms with van der Waals surface area (Å²) in [4.78, 5) is 14.2. The van der Waals surface area contributed by atoms with Gasteiger partial charge in [0.15, 0.2) is 0 Å². The second-order valence-corrected chi connectivity index (χ2v) is 7.21. The van der Waals surface area contributed by atoms with Gasteiger partial charge in [0.05, 0.1) is 19.9 Å². The highest BCUT2D eigenvalue weighted by Crippen LogP contribution is 2.38. The van der Waals surface area contributed by atoms with E-state index in [-0.39, 0.29) is 5.91 Å². The van der Waals surface area contributed by atoms with Crippen LogP contribution in [-0.2, 0) is 4.79 Å². The Bertz CT molecular complexity index is 930. The fourth-order valence-corrected chi connectivity index (χ4v) is 3.72. The first kappa shape index (κ1) is 19.6. The first-order valence-electron chi connectivity index (χ1n) is 8.70. The fraction of sp³-hybridized carbons (Fsp3) is 0.136. The summed E-state index contributed by atoms with van der Waals surface area (Å²) in [5, 5.41) is 2.53. The van der Waals surface area contributed by atoms with Gasteiger partial charge in [-0.1, -0.05) is 30.3 Å². The van der Waals surface area contributed by atoms with E-state index >= 15 is 0 Å². The summed E-state index contributed by atoms with van der Waals surface area (Å²) in [7, 11) is 3.15. The van der Waals surface area contributed by atoms with Crippen molar-refractivity contribution in [2.75, 3.05) is 25.3 Å². The third-order valence-corrected chi connectivity index (χ3v) is 5.41. The number of hydrogen-bond donors (Lipinski definition) is 2. The molecule has 3 aromatic rings. The summed E-state index contributed by atoms with van der Waals surface area (Å²) < 4.78 is 10.6. The number of nitrogen functional groups attached to an aromatic ring is 1. The zero-order chi connectivity index (χ0) is 19.9. The first-order chi connectivity index (χ1) is 13.6. The minimum Gasteiger partial charge on any atom is -0.497 e. The lowest BCUT2D eigenvalue weighted by atomic mass is 10.1. The van der Waals surface area contributed by atoms with E-state index in [0.717, 1.165) is 10.5 Å². The molecule has 1 unspecified atom stereocenters. The average Bonchev–Trinajstić information content (AvgIpc) is 2.73. The van der Waals surface area contributed by atoms with Crippen LogP contribution < -0.4 is 20.5 Å². The predicted molar refractivity (Wildman–Crippen MR) is 114 cm³/mol. The molecule has 0 fully saturated rings. The fourth-order valence-electron chi connectivity index (χ4n) is 2.69. The van der Waals surface area contributed by atoms with Crippen molar-refractivity contribution in [2.45, 2.75) is 10.1 Å². The van der Waals surface area contributed by atoms with E-state index < -0.39 is 5.25 Å². The van der Waals surface area contributed by atoms with Crippen molar-refractivity contribution in [3.05, 3.63) is 78.4 Å². The van der Waals surface area contributed by atoms with Gasteiger partial charge in [-0.25, -0.2) is 0 Å². The number of amides is 1. The van der Waals surface area contributed by atoms with E-state index in [0.29, 0.717) is 22.9 Å². The molecule has 1 amide bonds. The van der Waals surface area contributed by atoms with Crippen molar-refractivity contribution in [1.82, 2.24) is 0 Å². The Morgan fingerprint density at radius 3 is 2.32 bits per heavy atom. The maximum Gasteiger partial charge on any atom is 0.242 e. The normalized spacial score (nSPS) is 11.5. The van der Waals surface area contributed by atoms with E-state index in [1.54, 1.807) is 32.4 Å². The SMILES string of the molecule is COc1ccc(OC)c(NC(=O)C(Sc2ccc(N)cc2)c2ccccc2)c1. The molecule has 0 aliphatic carbocycles. The van der Waals surface area contributed by atoms with Crippen molar-refractivity contribution in [3.8, 4) is 11.5 Å². The quantitative estimate of drug-likeness (QED) is 0.446. The number of rotatable bonds is 7. The molecule has 0 radical (unpaired) electrons. The van der Waals surface area contributed by atoms with Crippen LogP contribution in [0.15, 0.2) is 77.7 Å². The maximum atomic E-state index is 13.2.